The Morgan fingerprint density at radius 3 is 2.56 bits per heavy atom. The molecule has 0 spiro atoms. The lowest BCUT2D eigenvalue weighted by molar-refractivity contribution is 0.591. The molecule has 1 heterocycles. The number of hydrogen-bond acceptors (Lipinski definition) is 1. The zero-order valence-corrected chi connectivity index (χ0v) is 12.0. The number of aryl methyl sites for hydroxylation is 2. The molecule has 0 unspecified atom stereocenters. The predicted octanol–water partition coefficient (Wildman–Crippen LogP) is 3.37. The molecule has 0 saturated carbocycles. The molecule has 0 radical (unpaired) electrons. The molecular formula is C16H24N2. The standard InChI is InChI=1S/C16H24N2/c1-16(2,3)13-7-8-15-14(10-13)12(6-5-9-17)11-18(15)4/h7-8,10-11H,5-6,9,17H2,1-4H3. The Kier molecular flexibility index (Phi) is 3.49. The van der Waals surface area contributed by atoms with Crippen LogP contribution in [0, 0.1) is 0 Å². The summed E-state index contributed by atoms with van der Waals surface area (Å²) in [5.74, 6) is 0. The van der Waals surface area contributed by atoms with E-state index in [0.717, 1.165) is 19.4 Å². The first kappa shape index (κ1) is 13.2. The monoisotopic (exact) mass is 244 g/mol. The van der Waals surface area contributed by atoms with Crippen LogP contribution in [0.15, 0.2) is 24.4 Å². The maximum Gasteiger partial charge on any atom is 0.0480 e. The number of benzene rings is 1. The average Bonchev–Trinajstić information content (AvgIpc) is 2.62. The first-order valence-electron chi connectivity index (χ1n) is 6.72. The van der Waals surface area contributed by atoms with E-state index < -0.39 is 0 Å². The van der Waals surface area contributed by atoms with E-state index in [1.807, 2.05) is 0 Å². The van der Waals surface area contributed by atoms with Gasteiger partial charge in [-0.2, -0.15) is 0 Å². The minimum atomic E-state index is 0.204. The second-order valence-corrected chi connectivity index (χ2v) is 6.14. The van der Waals surface area contributed by atoms with Crippen LogP contribution in [0.5, 0.6) is 0 Å². The summed E-state index contributed by atoms with van der Waals surface area (Å²) in [6.07, 6.45) is 4.37. The fourth-order valence-electron chi connectivity index (χ4n) is 2.43. The minimum Gasteiger partial charge on any atom is -0.350 e. The fraction of sp³-hybridized carbons (Fsp3) is 0.500. The van der Waals surface area contributed by atoms with Gasteiger partial charge in [0.25, 0.3) is 0 Å². The molecule has 1 aromatic carbocycles. The molecule has 0 aliphatic heterocycles. The lowest BCUT2D eigenvalue weighted by Crippen LogP contribution is -2.10. The Morgan fingerprint density at radius 2 is 1.94 bits per heavy atom. The number of hydrogen-bond donors (Lipinski definition) is 1. The molecule has 98 valence electrons. The van der Waals surface area contributed by atoms with Crippen LogP contribution >= 0.6 is 0 Å². The Bertz CT molecular complexity index is 544. The topological polar surface area (TPSA) is 30.9 Å². The predicted molar refractivity (Wildman–Crippen MR) is 79.0 cm³/mol. The Morgan fingerprint density at radius 1 is 1.22 bits per heavy atom. The molecule has 2 aromatic rings. The Balaban J connectivity index is 2.52. The normalized spacial score (nSPS) is 12.3. The van der Waals surface area contributed by atoms with Gasteiger partial charge in [0, 0.05) is 24.1 Å². The van der Waals surface area contributed by atoms with E-state index in [0.29, 0.717) is 0 Å². The van der Waals surface area contributed by atoms with Gasteiger partial charge in [0.05, 0.1) is 0 Å². The molecule has 2 rings (SSSR count). The molecule has 0 aliphatic carbocycles. The fourth-order valence-corrected chi connectivity index (χ4v) is 2.43. The van der Waals surface area contributed by atoms with Crippen LogP contribution in [-0.4, -0.2) is 11.1 Å². The van der Waals surface area contributed by atoms with Crippen LogP contribution in [0.2, 0.25) is 0 Å². The van der Waals surface area contributed by atoms with Gasteiger partial charge in [0.1, 0.15) is 0 Å². The summed E-state index contributed by atoms with van der Waals surface area (Å²) in [7, 11) is 2.12. The highest BCUT2D eigenvalue weighted by molar-refractivity contribution is 5.85. The maximum atomic E-state index is 5.62. The highest BCUT2D eigenvalue weighted by Gasteiger charge is 2.15. The summed E-state index contributed by atoms with van der Waals surface area (Å²) in [6.45, 7) is 7.54. The van der Waals surface area contributed by atoms with Gasteiger partial charge in [-0.1, -0.05) is 26.8 Å². The molecule has 0 aliphatic rings. The van der Waals surface area contributed by atoms with Crippen molar-refractivity contribution in [3.63, 3.8) is 0 Å². The third-order valence-corrected chi connectivity index (χ3v) is 3.59. The van der Waals surface area contributed by atoms with Crippen molar-refractivity contribution in [2.45, 2.75) is 39.0 Å². The summed E-state index contributed by atoms with van der Waals surface area (Å²) >= 11 is 0. The summed E-state index contributed by atoms with van der Waals surface area (Å²) < 4.78 is 2.22. The molecule has 0 atom stereocenters. The zero-order chi connectivity index (χ0) is 13.3. The van der Waals surface area contributed by atoms with Crippen LogP contribution in [0.4, 0.5) is 0 Å². The van der Waals surface area contributed by atoms with Gasteiger partial charge in [0.15, 0.2) is 0 Å². The number of nitrogens with zero attached hydrogens (tertiary/aromatic N) is 1. The maximum absolute atomic E-state index is 5.62. The first-order chi connectivity index (χ1) is 8.43. The van der Waals surface area contributed by atoms with E-state index in [4.69, 9.17) is 5.73 Å². The third-order valence-electron chi connectivity index (χ3n) is 3.59. The van der Waals surface area contributed by atoms with Crippen LogP contribution in [0.25, 0.3) is 10.9 Å². The van der Waals surface area contributed by atoms with E-state index in [1.165, 1.54) is 22.0 Å². The van der Waals surface area contributed by atoms with Gasteiger partial charge in [-0.15, -0.1) is 0 Å². The first-order valence-corrected chi connectivity index (χ1v) is 6.72. The lowest BCUT2D eigenvalue weighted by Gasteiger charge is -2.19. The second kappa shape index (κ2) is 4.77. The molecule has 2 heteroatoms. The van der Waals surface area contributed by atoms with Gasteiger partial charge >= 0.3 is 0 Å². The highest BCUT2D eigenvalue weighted by atomic mass is 14.9. The summed E-state index contributed by atoms with van der Waals surface area (Å²) in [6, 6.07) is 6.83. The molecule has 0 bridgehead atoms. The van der Waals surface area contributed by atoms with Gasteiger partial charge in [-0.25, -0.2) is 0 Å². The smallest absolute Gasteiger partial charge is 0.0480 e. The number of fused-ring (bicyclic) bond motifs is 1. The molecule has 2 N–H and O–H groups in total. The molecule has 0 fully saturated rings. The summed E-state index contributed by atoms with van der Waals surface area (Å²) in [4.78, 5) is 0. The third kappa shape index (κ3) is 2.44. The van der Waals surface area contributed by atoms with Crippen LogP contribution in [-0.2, 0) is 18.9 Å². The van der Waals surface area contributed by atoms with Crippen molar-refractivity contribution in [2.75, 3.05) is 6.54 Å². The largest absolute Gasteiger partial charge is 0.350 e. The van der Waals surface area contributed by atoms with Crippen LogP contribution < -0.4 is 5.73 Å². The van der Waals surface area contributed by atoms with Gasteiger partial charge < -0.3 is 10.3 Å². The summed E-state index contributed by atoms with van der Waals surface area (Å²) in [5, 5.41) is 1.39. The number of nitrogens with two attached hydrogens (primary N) is 1. The van der Waals surface area contributed by atoms with E-state index in [-0.39, 0.29) is 5.41 Å². The molecule has 1 aromatic heterocycles. The van der Waals surface area contributed by atoms with Crippen LogP contribution in [0.1, 0.15) is 38.3 Å². The Hall–Kier alpha value is -1.28. The minimum absolute atomic E-state index is 0.204. The van der Waals surface area contributed by atoms with Gasteiger partial charge in [0.2, 0.25) is 0 Å². The van der Waals surface area contributed by atoms with E-state index >= 15 is 0 Å². The second-order valence-electron chi connectivity index (χ2n) is 6.14. The molecule has 0 saturated heterocycles. The SMILES string of the molecule is Cn1cc(CCCN)c2cc(C(C)(C)C)ccc21. The van der Waals surface area contributed by atoms with E-state index in [2.05, 4.69) is 56.8 Å². The molecule has 2 nitrogen and oxygen atoms in total. The van der Waals surface area contributed by atoms with E-state index in [9.17, 15) is 0 Å². The van der Waals surface area contributed by atoms with Crippen molar-refractivity contribution < 1.29 is 0 Å². The Labute approximate surface area is 110 Å². The summed E-state index contributed by atoms with van der Waals surface area (Å²) in [5.41, 5.74) is 9.96. The van der Waals surface area contributed by atoms with Crippen LogP contribution in [0.3, 0.4) is 0 Å². The average molecular weight is 244 g/mol. The van der Waals surface area contributed by atoms with Crippen molar-refractivity contribution in [1.29, 1.82) is 0 Å². The number of aromatic nitrogens is 1. The van der Waals surface area contributed by atoms with Crippen molar-refractivity contribution in [1.82, 2.24) is 4.57 Å². The number of rotatable bonds is 3. The lowest BCUT2D eigenvalue weighted by atomic mass is 9.86. The zero-order valence-electron chi connectivity index (χ0n) is 12.0. The molecule has 0 amide bonds. The van der Waals surface area contributed by atoms with Gasteiger partial charge in [-0.3, -0.25) is 0 Å². The molecule has 18 heavy (non-hydrogen) atoms. The van der Waals surface area contributed by atoms with Crippen molar-refractivity contribution in [3.05, 3.63) is 35.5 Å². The quantitative estimate of drug-likeness (QED) is 0.881. The van der Waals surface area contributed by atoms with Crippen molar-refractivity contribution in [3.8, 4) is 0 Å². The highest BCUT2D eigenvalue weighted by Crippen LogP contribution is 2.29. The van der Waals surface area contributed by atoms with E-state index in [1.54, 1.807) is 0 Å². The van der Waals surface area contributed by atoms with Gasteiger partial charge in [-0.05, 0) is 48.1 Å². The van der Waals surface area contributed by atoms with Crippen molar-refractivity contribution >= 4 is 10.9 Å². The van der Waals surface area contributed by atoms with Crippen molar-refractivity contribution in [2.24, 2.45) is 12.8 Å². The molecular weight excluding hydrogens is 220 g/mol.